The second kappa shape index (κ2) is 9.05. The smallest absolute Gasteiger partial charge is 0.0601 e. The first-order chi connectivity index (χ1) is 6.76. The lowest BCUT2D eigenvalue weighted by Crippen LogP contribution is -2.35. The fourth-order valence-corrected chi connectivity index (χ4v) is 1.49. The van der Waals surface area contributed by atoms with Gasteiger partial charge in [0, 0.05) is 6.04 Å². The van der Waals surface area contributed by atoms with E-state index in [0.29, 0.717) is 6.04 Å². The maximum atomic E-state index is 5.31. The average molecular weight is 196 g/mol. The Morgan fingerprint density at radius 3 is 2.57 bits per heavy atom. The molecule has 0 heterocycles. The Kier molecular flexibility index (Phi) is 8.72. The highest BCUT2D eigenvalue weighted by Gasteiger charge is 2.09. The molecule has 0 radical (unpaired) electrons. The van der Waals surface area contributed by atoms with Gasteiger partial charge in [-0.15, -0.1) is 6.42 Å². The Hall–Kier alpha value is -0.520. The quantitative estimate of drug-likeness (QED) is 0.470. The van der Waals surface area contributed by atoms with Crippen LogP contribution in [0.3, 0.4) is 0 Å². The molecule has 0 amide bonds. The highest BCUT2D eigenvalue weighted by Crippen LogP contribution is 2.01. The van der Waals surface area contributed by atoms with E-state index in [0.717, 1.165) is 26.2 Å². The fraction of sp³-hybridized carbons (Fsp3) is 0.833. The lowest BCUT2D eigenvalue weighted by Gasteiger charge is -2.25. The molecule has 0 aromatic heterocycles. The molecule has 1 N–H and O–H groups in total. The van der Waals surface area contributed by atoms with Gasteiger partial charge in [-0.25, -0.2) is 0 Å². The van der Waals surface area contributed by atoms with Gasteiger partial charge in [0.25, 0.3) is 0 Å². The molecule has 0 rings (SSSR count). The molecule has 1 atom stereocenters. The number of terminal acetylenes is 1. The molecule has 0 saturated heterocycles. The molecule has 2 nitrogen and oxygen atoms in total. The third-order valence-corrected chi connectivity index (χ3v) is 2.49. The summed E-state index contributed by atoms with van der Waals surface area (Å²) in [5.74, 6) is 2.71. The minimum atomic E-state index is 0.584. The van der Waals surface area contributed by atoms with Crippen LogP contribution in [0, 0.1) is 12.3 Å². The monoisotopic (exact) mass is 196 g/mol. The van der Waals surface area contributed by atoms with Gasteiger partial charge in [-0.1, -0.05) is 19.8 Å². The van der Waals surface area contributed by atoms with Crippen molar-refractivity contribution in [2.75, 3.05) is 26.2 Å². The van der Waals surface area contributed by atoms with E-state index in [2.05, 4.69) is 36.9 Å². The van der Waals surface area contributed by atoms with Crippen molar-refractivity contribution >= 4 is 0 Å². The Labute approximate surface area is 89.1 Å². The van der Waals surface area contributed by atoms with E-state index in [1.54, 1.807) is 0 Å². The second-order valence-corrected chi connectivity index (χ2v) is 3.65. The molecule has 0 spiro atoms. The third kappa shape index (κ3) is 6.01. The van der Waals surface area contributed by atoms with E-state index in [9.17, 15) is 0 Å². The summed E-state index contributed by atoms with van der Waals surface area (Å²) < 4.78 is 0. The van der Waals surface area contributed by atoms with Crippen molar-refractivity contribution in [2.45, 2.75) is 39.7 Å². The number of nitrogens with one attached hydrogen (secondary N) is 1. The van der Waals surface area contributed by atoms with Crippen molar-refractivity contribution in [3.63, 3.8) is 0 Å². The van der Waals surface area contributed by atoms with Crippen molar-refractivity contribution in [3.8, 4) is 12.3 Å². The molecule has 0 fully saturated rings. The Morgan fingerprint density at radius 2 is 2.07 bits per heavy atom. The molecule has 0 aliphatic heterocycles. The number of nitrogens with zero attached hydrogens (tertiary/aromatic N) is 1. The van der Waals surface area contributed by atoms with E-state index in [1.165, 1.54) is 12.8 Å². The van der Waals surface area contributed by atoms with Crippen LogP contribution in [0.1, 0.15) is 33.6 Å². The van der Waals surface area contributed by atoms with Gasteiger partial charge < -0.3 is 5.32 Å². The molecule has 2 heteroatoms. The lowest BCUT2D eigenvalue weighted by molar-refractivity contribution is 0.235. The Balaban J connectivity index is 3.59. The zero-order valence-corrected chi connectivity index (χ0v) is 9.84. The van der Waals surface area contributed by atoms with Gasteiger partial charge in [0.15, 0.2) is 0 Å². The number of hydrogen-bond donors (Lipinski definition) is 1. The van der Waals surface area contributed by atoms with Crippen LogP contribution in [-0.4, -0.2) is 37.1 Å². The molecule has 1 unspecified atom stereocenters. The number of hydrogen-bond acceptors (Lipinski definition) is 2. The standard InChI is InChI=1S/C12H24N2/c1-5-9-13-10-8-12(4)14(7-3)11-6-2/h2,12-13H,5,7-11H2,1,3-4H3. The van der Waals surface area contributed by atoms with Gasteiger partial charge in [0.1, 0.15) is 0 Å². The van der Waals surface area contributed by atoms with E-state index < -0.39 is 0 Å². The van der Waals surface area contributed by atoms with Crippen molar-refractivity contribution in [1.29, 1.82) is 0 Å². The van der Waals surface area contributed by atoms with Crippen LogP contribution < -0.4 is 5.32 Å². The van der Waals surface area contributed by atoms with E-state index in [1.807, 2.05) is 0 Å². The highest BCUT2D eigenvalue weighted by atomic mass is 15.1. The summed E-state index contributed by atoms with van der Waals surface area (Å²) >= 11 is 0. The van der Waals surface area contributed by atoms with Crippen LogP contribution in [-0.2, 0) is 0 Å². The topological polar surface area (TPSA) is 15.3 Å². The average Bonchev–Trinajstić information content (AvgIpc) is 2.20. The molecule has 0 aliphatic rings. The van der Waals surface area contributed by atoms with Crippen LogP contribution in [0.4, 0.5) is 0 Å². The first-order valence-corrected chi connectivity index (χ1v) is 5.64. The van der Waals surface area contributed by atoms with Gasteiger partial charge in [0.05, 0.1) is 6.54 Å². The Bertz CT molecular complexity index is 160. The summed E-state index contributed by atoms with van der Waals surface area (Å²) in [6.45, 7) is 10.6. The van der Waals surface area contributed by atoms with Gasteiger partial charge in [0.2, 0.25) is 0 Å². The molecule has 0 aliphatic carbocycles. The maximum Gasteiger partial charge on any atom is 0.0601 e. The van der Waals surface area contributed by atoms with Crippen molar-refractivity contribution < 1.29 is 0 Å². The van der Waals surface area contributed by atoms with Gasteiger partial charge in [-0.05, 0) is 39.4 Å². The first kappa shape index (κ1) is 13.5. The van der Waals surface area contributed by atoms with Crippen LogP contribution >= 0.6 is 0 Å². The van der Waals surface area contributed by atoms with Gasteiger partial charge in [-0.2, -0.15) is 0 Å². The molecule has 82 valence electrons. The molecule has 0 bridgehead atoms. The van der Waals surface area contributed by atoms with Gasteiger partial charge >= 0.3 is 0 Å². The second-order valence-electron chi connectivity index (χ2n) is 3.65. The Morgan fingerprint density at radius 1 is 1.36 bits per heavy atom. The van der Waals surface area contributed by atoms with Crippen LogP contribution in [0.5, 0.6) is 0 Å². The van der Waals surface area contributed by atoms with E-state index in [4.69, 9.17) is 6.42 Å². The predicted octanol–water partition coefficient (Wildman–Crippen LogP) is 1.72. The minimum Gasteiger partial charge on any atom is -0.317 e. The molecule has 0 saturated carbocycles. The summed E-state index contributed by atoms with van der Waals surface area (Å²) in [5, 5.41) is 3.41. The van der Waals surface area contributed by atoms with Crippen molar-refractivity contribution in [3.05, 3.63) is 0 Å². The molecule has 0 aromatic rings. The summed E-state index contributed by atoms with van der Waals surface area (Å²) in [4.78, 5) is 2.33. The molecular weight excluding hydrogens is 172 g/mol. The normalized spacial score (nSPS) is 12.8. The largest absolute Gasteiger partial charge is 0.317 e. The minimum absolute atomic E-state index is 0.584. The van der Waals surface area contributed by atoms with E-state index >= 15 is 0 Å². The summed E-state index contributed by atoms with van der Waals surface area (Å²) in [7, 11) is 0. The van der Waals surface area contributed by atoms with Crippen molar-refractivity contribution in [1.82, 2.24) is 10.2 Å². The van der Waals surface area contributed by atoms with Crippen LogP contribution in [0.25, 0.3) is 0 Å². The predicted molar refractivity (Wildman–Crippen MR) is 63.3 cm³/mol. The fourth-order valence-electron chi connectivity index (χ4n) is 1.49. The SMILES string of the molecule is C#CCN(CC)C(C)CCNCCC. The van der Waals surface area contributed by atoms with Crippen LogP contribution in [0.15, 0.2) is 0 Å². The first-order valence-electron chi connectivity index (χ1n) is 5.64. The molecule has 0 aromatic carbocycles. The molecule has 14 heavy (non-hydrogen) atoms. The maximum absolute atomic E-state index is 5.31. The number of rotatable bonds is 8. The van der Waals surface area contributed by atoms with Crippen molar-refractivity contribution in [2.24, 2.45) is 0 Å². The highest BCUT2D eigenvalue weighted by molar-refractivity contribution is 4.89. The zero-order valence-electron chi connectivity index (χ0n) is 9.84. The zero-order chi connectivity index (χ0) is 10.8. The van der Waals surface area contributed by atoms with E-state index in [-0.39, 0.29) is 0 Å². The summed E-state index contributed by atoms with van der Waals surface area (Å²) in [6.07, 6.45) is 7.69. The van der Waals surface area contributed by atoms with Gasteiger partial charge in [-0.3, -0.25) is 4.90 Å². The van der Waals surface area contributed by atoms with Crippen LogP contribution in [0.2, 0.25) is 0 Å². The summed E-state index contributed by atoms with van der Waals surface area (Å²) in [6, 6.07) is 0.584. The molecular formula is C12H24N2. The third-order valence-electron chi connectivity index (χ3n) is 2.49. The lowest BCUT2D eigenvalue weighted by atomic mass is 10.2. The summed E-state index contributed by atoms with van der Waals surface area (Å²) in [5.41, 5.74) is 0.